The molecule has 0 aliphatic carbocycles. The summed E-state index contributed by atoms with van der Waals surface area (Å²) in [6, 6.07) is 7.27. The number of hydrogen-bond acceptors (Lipinski definition) is 7. The Kier molecular flexibility index (Phi) is 5.76. The Hall–Kier alpha value is -3.88. The van der Waals surface area contributed by atoms with Gasteiger partial charge < -0.3 is 24.4 Å². The van der Waals surface area contributed by atoms with E-state index in [-0.39, 0.29) is 33.8 Å². The summed E-state index contributed by atoms with van der Waals surface area (Å²) in [5.41, 5.74) is -1.00. The first-order valence-electron chi connectivity index (χ1n) is 7.37. The highest BCUT2D eigenvalue weighted by molar-refractivity contribution is 6.03. The van der Waals surface area contributed by atoms with E-state index in [0.717, 1.165) is 32.4 Å². The van der Waals surface area contributed by atoms with Gasteiger partial charge in [0.05, 0.1) is 36.5 Å². The molecule has 140 valence electrons. The van der Waals surface area contributed by atoms with Crippen LogP contribution < -0.4 is 4.74 Å². The zero-order chi connectivity index (χ0) is 20.1. The predicted octanol–water partition coefficient (Wildman–Crippen LogP) is 2.45. The average Bonchev–Trinajstić information content (AvgIpc) is 2.66. The summed E-state index contributed by atoms with van der Waals surface area (Å²) in [4.78, 5) is 46.0. The lowest BCUT2D eigenvalue weighted by Crippen LogP contribution is -2.11. The van der Waals surface area contributed by atoms with E-state index in [2.05, 4.69) is 9.47 Å². The van der Waals surface area contributed by atoms with Gasteiger partial charge in [-0.3, -0.25) is 0 Å². The number of rotatable bonds is 6. The molecule has 0 aliphatic heterocycles. The highest BCUT2D eigenvalue weighted by Crippen LogP contribution is 2.27. The Morgan fingerprint density at radius 1 is 0.667 bits per heavy atom. The topological polar surface area (TPSA) is 136 Å². The number of carboxylic acid groups (broad SMARTS) is 2. The molecule has 0 fully saturated rings. The highest BCUT2D eigenvalue weighted by atomic mass is 16.5. The number of hydrogen-bond donors (Lipinski definition) is 2. The van der Waals surface area contributed by atoms with Crippen LogP contribution in [0.2, 0.25) is 0 Å². The van der Waals surface area contributed by atoms with Crippen LogP contribution in [0.25, 0.3) is 0 Å². The molecule has 0 unspecified atom stereocenters. The molecule has 0 saturated heterocycles. The SMILES string of the molecule is COC(=O)c1ccc(Oc2ccc(C(=O)O)c(C(=O)OC)c2)cc1C(=O)O. The number of carbonyl (C=O) groups excluding carboxylic acids is 2. The number of aromatic carboxylic acids is 2. The van der Waals surface area contributed by atoms with Crippen molar-refractivity contribution in [2.75, 3.05) is 14.2 Å². The number of carboxylic acids is 2. The number of ether oxygens (including phenoxy) is 3. The molecule has 9 nitrogen and oxygen atoms in total. The smallest absolute Gasteiger partial charge is 0.338 e. The van der Waals surface area contributed by atoms with Crippen LogP contribution in [0, 0.1) is 0 Å². The Morgan fingerprint density at radius 2 is 1.11 bits per heavy atom. The van der Waals surface area contributed by atoms with Crippen LogP contribution in [0.5, 0.6) is 11.5 Å². The van der Waals surface area contributed by atoms with Gasteiger partial charge in [0.15, 0.2) is 0 Å². The van der Waals surface area contributed by atoms with Gasteiger partial charge in [0.2, 0.25) is 0 Å². The molecular weight excluding hydrogens is 360 g/mol. The van der Waals surface area contributed by atoms with E-state index in [0.29, 0.717) is 0 Å². The fourth-order valence-electron chi connectivity index (χ4n) is 2.24. The van der Waals surface area contributed by atoms with Crippen molar-refractivity contribution in [3.63, 3.8) is 0 Å². The van der Waals surface area contributed by atoms with Crippen LogP contribution in [0.4, 0.5) is 0 Å². The third kappa shape index (κ3) is 4.21. The molecule has 0 aromatic heterocycles. The largest absolute Gasteiger partial charge is 0.478 e. The minimum Gasteiger partial charge on any atom is -0.478 e. The van der Waals surface area contributed by atoms with Gasteiger partial charge in [0.1, 0.15) is 11.5 Å². The van der Waals surface area contributed by atoms with Crippen molar-refractivity contribution in [2.45, 2.75) is 0 Å². The molecule has 0 saturated carbocycles. The molecule has 0 radical (unpaired) electrons. The van der Waals surface area contributed by atoms with E-state index < -0.39 is 23.9 Å². The lowest BCUT2D eigenvalue weighted by molar-refractivity contribution is 0.0579. The second-order valence-corrected chi connectivity index (χ2v) is 5.11. The maximum absolute atomic E-state index is 11.8. The standard InChI is InChI=1S/C18H14O9/c1-25-17(23)12-6-4-9(7-13(12)16(21)22)27-10-3-5-11(15(19)20)14(8-10)18(24)26-2/h3-8H,1-2H3,(H,19,20)(H,21,22). The minimum absolute atomic E-state index is 0.0546. The number of carbonyl (C=O) groups is 4. The third-order valence-electron chi connectivity index (χ3n) is 3.49. The van der Waals surface area contributed by atoms with Gasteiger partial charge in [-0.05, 0) is 36.4 Å². The molecule has 2 aromatic rings. The number of esters is 2. The zero-order valence-electron chi connectivity index (χ0n) is 14.2. The first-order valence-corrected chi connectivity index (χ1v) is 7.37. The second-order valence-electron chi connectivity index (χ2n) is 5.11. The Balaban J connectivity index is 2.43. The second kappa shape index (κ2) is 8.00. The molecule has 2 aromatic carbocycles. The molecule has 0 spiro atoms. The summed E-state index contributed by atoms with van der Waals surface area (Å²) in [5.74, 6) is -4.25. The van der Waals surface area contributed by atoms with E-state index in [1.165, 1.54) is 18.2 Å². The van der Waals surface area contributed by atoms with Crippen LogP contribution in [-0.2, 0) is 9.47 Å². The Bertz CT molecular complexity index is 930. The van der Waals surface area contributed by atoms with Crippen molar-refractivity contribution in [3.05, 3.63) is 58.7 Å². The van der Waals surface area contributed by atoms with Crippen LogP contribution in [0.3, 0.4) is 0 Å². The Labute approximate surface area is 152 Å². The summed E-state index contributed by atoms with van der Waals surface area (Å²) >= 11 is 0. The molecule has 2 rings (SSSR count). The Morgan fingerprint density at radius 3 is 1.59 bits per heavy atom. The third-order valence-corrected chi connectivity index (χ3v) is 3.49. The quantitative estimate of drug-likeness (QED) is 0.730. The average molecular weight is 374 g/mol. The minimum atomic E-state index is -1.36. The van der Waals surface area contributed by atoms with E-state index in [1.807, 2.05) is 0 Å². The van der Waals surface area contributed by atoms with Gasteiger partial charge in [0.25, 0.3) is 0 Å². The van der Waals surface area contributed by atoms with Gasteiger partial charge in [-0.25, -0.2) is 19.2 Å². The van der Waals surface area contributed by atoms with Crippen LogP contribution in [0.15, 0.2) is 36.4 Å². The monoisotopic (exact) mass is 374 g/mol. The molecule has 0 bridgehead atoms. The van der Waals surface area contributed by atoms with Crippen molar-refractivity contribution >= 4 is 23.9 Å². The summed E-state index contributed by atoms with van der Waals surface area (Å²) in [7, 11) is 2.23. The lowest BCUT2D eigenvalue weighted by atomic mass is 10.1. The summed E-state index contributed by atoms with van der Waals surface area (Å²) < 4.78 is 14.6. The zero-order valence-corrected chi connectivity index (χ0v) is 14.2. The van der Waals surface area contributed by atoms with Gasteiger partial charge in [-0.15, -0.1) is 0 Å². The van der Waals surface area contributed by atoms with E-state index >= 15 is 0 Å². The van der Waals surface area contributed by atoms with Crippen molar-refractivity contribution in [2.24, 2.45) is 0 Å². The molecule has 2 N–H and O–H groups in total. The van der Waals surface area contributed by atoms with E-state index in [4.69, 9.17) is 9.84 Å². The fraction of sp³-hybridized carbons (Fsp3) is 0.111. The van der Waals surface area contributed by atoms with Gasteiger partial charge >= 0.3 is 23.9 Å². The summed E-state index contributed by atoms with van der Waals surface area (Å²) in [5, 5.41) is 18.4. The highest BCUT2D eigenvalue weighted by Gasteiger charge is 2.20. The van der Waals surface area contributed by atoms with E-state index in [9.17, 15) is 24.3 Å². The molecule has 9 heteroatoms. The number of methoxy groups -OCH3 is 2. The van der Waals surface area contributed by atoms with E-state index in [1.54, 1.807) is 0 Å². The van der Waals surface area contributed by atoms with Crippen LogP contribution >= 0.6 is 0 Å². The van der Waals surface area contributed by atoms with Gasteiger partial charge in [-0.1, -0.05) is 0 Å². The lowest BCUT2D eigenvalue weighted by Gasteiger charge is -2.11. The number of benzene rings is 2. The maximum Gasteiger partial charge on any atom is 0.338 e. The summed E-state index contributed by atoms with van der Waals surface area (Å²) in [6.07, 6.45) is 0. The van der Waals surface area contributed by atoms with Crippen LogP contribution in [-0.4, -0.2) is 48.3 Å². The first-order chi connectivity index (χ1) is 12.8. The normalized spacial score (nSPS) is 10.0. The van der Waals surface area contributed by atoms with Crippen molar-refractivity contribution in [3.8, 4) is 11.5 Å². The molecule has 0 aliphatic rings. The van der Waals surface area contributed by atoms with Crippen molar-refractivity contribution < 1.29 is 43.6 Å². The van der Waals surface area contributed by atoms with Crippen molar-refractivity contribution in [1.82, 2.24) is 0 Å². The summed E-state index contributed by atoms with van der Waals surface area (Å²) in [6.45, 7) is 0. The molecule has 0 heterocycles. The van der Waals surface area contributed by atoms with Gasteiger partial charge in [0, 0.05) is 0 Å². The van der Waals surface area contributed by atoms with Crippen molar-refractivity contribution in [1.29, 1.82) is 0 Å². The first kappa shape index (κ1) is 19.4. The van der Waals surface area contributed by atoms with Gasteiger partial charge in [-0.2, -0.15) is 0 Å². The maximum atomic E-state index is 11.8. The molecule has 0 amide bonds. The molecular formula is C18H14O9. The molecule has 27 heavy (non-hydrogen) atoms. The molecule has 0 atom stereocenters. The van der Waals surface area contributed by atoms with Crippen LogP contribution in [0.1, 0.15) is 41.4 Å². The predicted molar refractivity (Wildman–Crippen MR) is 89.6 cm³/mol. The fourth-order valence-corrected chi connectivity index (χ4v) is 2.24.